The first-order valence-electron chi connectivity index (χ1n) is 9.45. The van der Waals surface area contributed by atoms with Gasteiger partial charge in [0.05, 0.1) is 28.1 Å². The summed E-state index contributed by atoms with van der Waals surface area (Å²) in [5.74, 6) is -1.25. The van der Waals surface area contributed by atoms with Gasteiger partial charge in [-0.25, -0.2) is 4.79 Å². The number of thiophene rings is 2. The highest BCUT2D eigenvalue weighted by Gasteiger charge is 2.30. The molecule has 12 heteroatoms. The summed E-state index contributed by atoms with van der Waals surface area (Å²) in [4.78, 5) is 38.7. The second kappa shape index (κ2) is 8.79. The van der Waals surface area contributed by atoms with Crippen LogP contribution in [-0.4, -0.2) is 28.3 Å². The van der Waals surface area contributed by atoms with Gasteiger partial charge in [0.25, 0.3) is 11.5 Å². The molecule has 1 N–H and O–H groups in total. The molecule has 3 heterocycles. The van der Waals surface area contributed by atoms with Crippen molar-refractivity contribution < 1.29 is 27.5 Å². The van der Waals surface area contributed by atoms with Crippen LogP contribution in [-0.2, 0) is 10.9 Å². The number of amides is 1. The van der Waals surface area contributed by atoms with Gasteiger partial charge in [0.15, 0.2) is 5.69 Å². The Morgan fingerprint density at radius 3 is 2.48 bits per heavy atom. The first-order chi connectivity index (χ1) is 15.7. The predicted molar refractivity (Wildman–Crippen MR) is 118 cm³/mol. The molecule has 0 aliphatic rings. The van der Waals surface area contributed by atoms with E-state index < -0.39 is 29.2 Å². The van der Waals surface area contributed by atoms with Crippen molar-refractivity contribution in [2.75, 3.05) is 11.9 Å². The number of hydrogen-bond donors (Lipinski definition) is 1. The number of carbonyl (C=O) groups is 2. The van der Waals surface area contributed by atoms with Crippen molar-refractivity contribution in [2.45, 2.75) is 13.1 Å². The summed E-state index contributed by atoms with van der Waals surface area (Å²) in [6, 6.07) is 7.09. The molecule has 0 saturated carbocycles. The average Bonchev–Trinajstić information content (AvgIpc) is 3.45. The third-order valence-corrected chi connectivity index (χ3v) is 6.30. The Labute approximate surface area is 192 Å². The quantitative estimate of drug-likeness (QED) is 0.397. The summed E-state index contributed by atoms with van der Waals surface area (Å²) >= 11 is 2.24. The van der Waals surface area contributed by atoms with Gasteiger partial charge in [-0.15, -0.1) is 22.7 Å². The molecule has 4 aromatic rings. The maximum atomic E-state index is 13.3. The maximum Gasteiger partial charge on any atom is 0.416 e. The number of fused-ring (bicyclic) bond motifs is 1. The van der Waals surface area contributed by atoms with Crippen molar-refractivity contribution in [3.05, 3.63) is 73.6 Å². The molecule has 7 nitrogen and oxygen atoms in total. The highest BCUT2D eigenvalue weighted by Crippen LogP contribution is 2.32. The molecule has 0 aliphatic heterocycles. The lowest BCUT2D eigenvalue weighted by atomic mass is 10.2. The molecule has 0 bridgehead atoms. The van der Waals surface area contributed by atoms with E-state index in [0.29, 0.717) is 4.88 Å². The summed E-state index contributed by atoms with van der Waals surface area (Å²) in [5, 5.41) is 10.3. The SMILES string of the molecule is CCOC(=O)c1nn(-c2ccc(C(F)(F)F)cc2)c(=O)c2c(NC(=O)c3cccs3)scc12. The second-order valence-electron chi connectivity index (χ2n) is 6.62. The van der Waals surface area contributed by atoms with E-state index in [0.717, 1.165) is 40.3 Å². The minimum atomic E-state index is -4.55. The molecule has 0 unspecified atom stereocenters. The number of aromatic nitrogens is 2. The molecular weight excluding hydrogens is 479 g/mol. The highest BCUT2D eigenvalue weighted by molar-refractivity contribution is 7.16. The Balaban J connectivity index is 1.88. The van der Waals surface area contributed by atoms with Gasteiger partial charge in [-0.05, 0) is 42.6 Å². The van der Waals surface area contributed by atoms with Crippen LogP contribution < -0.4 is 10.9 Å². The van der Waals surface area contributed by atoms with Crippen LogP contribution >= 0.6 is 22.7 Å². The van der Waals surface area contributed by atoms with Crippen LogP contribution in [0.25, 0.3) is 16.5 Å². The summed E-state index contributed by atoms with van der Waals surface area (Å²) in [6.07, 6.45) is -4.55. The number of nitrogens with one attached hydrogen (secondary N) is 1. The largest absolute Gasteiger partial charge is 0.461 e. The monoisotopic (exact) mass is 493 g/mol. The van der Waals surface area contributed by atoms with Crippen LogP contribution in [0.15, 0.2) is 52.0 Å². The van der Waals surface area contributed by atoms with Crippen molar-refractivity contribution in [3.8, 4) is 5.69 Å². The summed E-state index contributed by atoms with van der Waals surface area (Å²) in [7, 11) is 0. The zero-order valence-corrected chi connectivity index (χ0v) is 18.4. The fourth-order valence-corrected chi connectivity index (χ4v) is 4.58. The Bertz CT molecular complexity index is 1390. The zero-order chi connectivity index (χ0) is 23.8. The molecule has 4 rings (SSSR count). The van der Waals surface area contributed by atoms with Crippen LogP contribution in [0.2, 0.25) is 0 Å². The summed E-state index contributed by atoms with van der Waals surface area (Å²) in [6.45, 7) is 1.65. The van der Waals surface area contributed by atoms with Crippen molar-refractivity contribution >= 4 is 50.3 Å². The molecular formula is C21H14F3N3O4S2. The molecule has 0 radical (unpaired) electrons. The third kappa shape index (κ3) is 4.39. The molecule has 1 amide bonds. The minimum Gasteiger partial charge on any atom is -0.461 e. The summed E-state index contributed by atoms with van der Waals surface area (Å²) in [5.41, 5.74) is -1.78. The van der Waals surface area contributed by atoms with E-state index >= 15 is 0 Å². The third-order valence-electron chi connectivity index (χ3n) is 4.53. The van der Waals surface area contributed by atoms with E-state index in [4.69, 9.17) is 4.74 Å². The van der Waals surface area contributed by atoms with Gasteiger partial charge in [0, 0.05) is 10.8 Å². The van der Waals surface area contributed by atoms with Crippen LogP contribution in [0.4, 0.5) is 18.2 Å². The number of esters is 1. The minimum absolute atomic E-state index is 0.00265. The number of anilines is 1. The van der Waals surface area contributed by atoms with Crippen LogP contribution in [0.1, 0.15) is 32.6 Å². The van der Waals surface area contributed by atoms with Gasteiger partial charge in [-0.2, -0.15) is 23.0 Å². The lowest BCUT2D eigenvalue weighted by molar-refractivity contribution is -0.137. The van der Waals surface area contributed by atoms with Gasteiger partial charge >= 0.3 is 12.1 Å². The van der Waals surface area contributed by atoms with Gasteiger partial charge in [0.1, 0.15) is 5.00 Å². The van der Waals surface area contributed by atoms with Crippen LogP contribution in [0, 0.1) is 0 Å². The number of hydrogen-bond acceptors (Lipinski definition) is 7. The smallest absolute Gasteiger partial charge is 0.416 e. The fourth-order valence-electron chi connectivity index (χ4n) is 3.03. The molecule has 0 atom stereocenters. The topological polar surface area (TPSA) is 90.3 Å². The second-order valence-corrected chi connectivity index (χ2v) is 8.44. The van der Waals surface area contributed by atoms with E-state index in [2.05, 4.69) is 10.4 Å². The average molecular weight is 493 g/mol. The molecule has 0 aliphatic carbocycles. The lowest BCUT2D eigenvalue weighted by Gasteiger charge is -2.11. The first kappa shape index (κ1) is 22.7. The number of alkyl halides is 3. The Kier molecular flexibility index (Phi) is 6.04. The molecule has 0 spiro atoms. The predicted octanol–water partition coefficient (Wildman–Crippen LogP) is 4.96. The standard InChI is InChI=1S/C21H14F3N3O4S2/c1-2-31-20(30)16-13-10-33-18(25-17(28)14-4-3-9-32-14)15(13)19(29)27(26-16)12-7-5-11(6-8-12)21(22,23)24/h3-10H,2H2,1H3,(H,25,28). The van der Waals surface area contributed by atoms with Gasteiger partial charge in [-0.1, -0.05) is 6.07 Å². The highest BCUT2D eigenvalue weighted by atomic mass is 32.1. The summed E-state index contributed by atoms with van der Waals surface area (Å²) < 4.78 is 44.6. The van der Waals surface area contributed by atoms with E-state index in [9.17, 15) is 27.6 Å². The number of carbonyl (C=O) groups excluding carboxylic acids is 2. The molecule has 170 valence electrons. The van der Waals surface area contributed by atoms with Crippen molar-refractivity contribution in [2.24, 2.45) is 0 Å². The number of ether oxygens (including phenoxy) is 1. The molecule has 1 aromatic carbocycles. The molecule has 0 fully saturated rings. The maximum absolute atomic E-state index is 13.3. The van der Waals surface area contributed by atoms with Crippen LogP contribution in [0.3, 0.4) is 0 Å². The lowest BCUT2D eigenvalue weighted by Crippen LogP contribution is -2.25. The Morgan fingerprint density at radius 2 is 1.88 bits per heavy atom. The molecule has 33 heavy (non-hydrogen) atoms. The zero-order valence-electron chi connectivity index (χ0n) is 16.8. The van der Waals surface area contributed by atoms with Crippen LogP contribution in [0.5, 0.6) is 0 Å². The van der Waals surface area contributed by atoms with Gasteiger partial charge in [-0.3, -0.25) is 9.59 Å². The van der Waals surface area contributed by atoms with E-state index in [1.54, 1.807) is 24.4 Å². The fraction of sp³-hybridized carbons (Fsp3) is 0.143. The first-order valence-corrected chi connectivity index (χ1v) is 11.2. The number of nitrogens with zero attached hydrogens (tertiary/aromatic N) is 2. The Hall–Kier alpha value is -3.51. The van der Waals surface area contributed by atoms with E-state index in [1.165, 1.54) is 16.7 Å². The number of halogens is 3. The number of benzene rings is 1. The van der Waals surface area contributed by atoms with Crippen molar-refractivity contribution in [1.82, 2.24) is 9.78 Å². The van der Waals surface area contributed by atoms with E-state index in [-0.39, 0.29) is 33.8 Å². The Morgan fingerprint density at radius 1 is 1.15 bits per heavy atom. The van der Waals surface area contributed by atoms with Gasteiger partial charge < -0.3 is 10.1 Å². The molecule has 0 saturated heterocycles. The van der Waals surface area contributed by atoms with Crippen molar-refractivity contribution in [3.63, 3.8) is 0 Å². The normalized spacial score (nSPS) is 11.5. The van der Waals surface area contributed by atoms with Crippen molar-refractivity contribution in [1.29, 1.82) is 0 Å². The van der Waals surface area contributed by atoms with E-state index in [1.807, 2.05) is 0 Å². The van der Waals surface area contributed by atoms with Gasteiger partial charge in [0.2, 0.25) is 0 Å². The molecule has 3 aromatic heterocycles. The number of rotatable bonds is 5.